The van der Waals surface area contributed by atoms with Gasteiger partial charge >= 0.3 is 0 Å². The summed E-state index contributed by atoms with van der Waals surface area (Å²) >= 11 is 0. The number of nitrogens with one attached hydrogen (secondary N) is 1. The summed E-state index contributed by atoms with van der Waals surface area (Å²) in [7, 11) is -3.82. The monoisotopic (exact) mass is 320 g/mol. The predicted molar refractivity (Wildman–Crippen MR) is 79.7 cm³/mol. The second-order valence-electron chi connectivity index (χ2n) is 4.91. The molecule has 22 heavy (non-hydrogen) atoms. The van der Waals surface area contributed by atoms with Gasteiger partial charge < -0.3 is 0 Å². The SMILES string of the molecule is Cc1ccc(NS(=O)(=O)c2ccc3nnc(C)n3c2)cc1F. The normalized spacial score (nSPS) is 11.8. The average Bonchev–Trinajstić information content (AvgIpc) is 2.84. The second-order valence-corrected chi connectivity index (χ2v) is 6.59. The minimum atomic E-state index is -3.82. The number of rotatable bonds is 3. The van der Waals surface area contributed by atoms with E-state index in [0.29, 0.717) is 17.0 Å². The molecule has 2 aromatic heterocycles. The van der Waals surface area contributed by atoms with Crippen LogP contribution >= 0.6 is 0 Å². The summed E-state index contributed by atoms with van der Waals surface area (Å²) in [5, 5.41) is 7.77. The van der Waals surface area contributed by atoms with E-state index in [1.165, 1.54) is 24.4 Å². The first-order valence-electron chi connectivity index (χ1n) is 6.47. The first-order valence-corrected chi connectivity index (χ1v) is 7.95. The molecule has 2 heterocycles. The molecule has 6 nitrogen and oxygen atoms in total. The largest absolute Gasteiger partial charge is 0.285 e. The summed E-state index contributed by atoms with van der Waals surface area (Å²) in [6, 6.07) is 7.16. The summed E-state index contributed by atoms with van der Waals surface area (Å²) in [4.78, 5) is 0.0453. The number of anilines is 1. The maximum Gasteiger partial charge on any atom is 0.263 e. The minimum absolute atomic E-state index is 0.0453. The molecule has 8 heteroatoms. The molecule has 0 spiro atoms. The van der Waals surface area contributed by atoms with Crippen LogP contribution in [0.25, 0.3) is 5.65 Å². The first kappa shape index (κ1) is 14.5. The van der Waals surface area contributed by atoms with Gasteiger partial charge in [-0.1, -0.05) is 6.07 Å². The smallest absolute Gasteiger partial charge is 0.263 e. The molecule has 0 unspecified atom stereocenters. The summed E-state index contributed by atoms with van der Waals surface area (Å²) in [6.07, 6.45) is 1.43. The third kappa shape index (κ3) is 2.52. The van der Waals surface area contributed by atoms with Crippen molar-refractivity contribution in [2.24, 2.45) is 0 Å². The molecule has 0 radical (unpaired) electrons. The number of sulfonamides is 1. The van der Waals surface area contributed by atoms with Crippen molar-refractivity contribution in [2.45, 2.75) is 18.7 Å². The molecule has 114 valence electrons. The molecule has 0 aliphatic heterocycles. The van der Waals surface area contributed by atoms with Crippen LogP contribution in [0.2, 0.25) is 0 Å². The number of hydrogen-bond acceptors (Lipinski definition) is 4. The number of benzene rings is 1. The zero-order valence-corrected chi connectivity index (χ0v) is 12.7. The Labute approximate surface area is 126 Å². The highest BCUT2D eigenvalue weighted by atomic mass is 32.2. The first-order chi connectivity index (χ1) is 10.4. The molecule has 1 N–H and O–H groups in total. The molecule has 3 rings (SSSR count). The Morgan fingerprint density at radius 3 is 2.64 bits per heavy atom. The fourth-order valence-electron chi connectivity index (χ4n) is 2.02. The van der Waals surface area contributed by atoms with Crippen molar-refractivity contribution in [3.8, 4) is 0 Å². The molecule has 0 atom stereocenters. The lowest BCUT2D eigenvalue weighted by Gasteiger charge is -2.09. The van der Waals surface area contributed by atoms with E-state index < -0.39 is 15.8 Å². The Balaban J connectivity index is 2.00. The third-order valence-electron chi connectivity index (χ3n) is 3.28. The van der Waals surface area contributed by atoms with E-state index >= 15 is 0 Å². The van der Waals surface area contributed by atoms with E-state index in [-0.39, 0.29) is 10.6 Å². The van der Waals surface area contributed by atoms with E-state index in [2.05, 4.69) is 14.9 Å². The van der Waals surface area contributed by atoms with Gasteiger partial charge in [0.15, 0.2) is 5.65 Å². The van der Waals surface area contributed by atoms with Crippen LogP contribution in [0, 0.1) is 19.7 Å². The van der Waals surface area contributed by atoms with Crippen molar-refractivity contribution < 1.29 is 12.8 Å². The number of nitrogens with zero attached hydrogens (tertiary/aromatic N) is 3. The van der Waals surface area contributed by atoms with E-state index in [9.17, 15) is 12.8 Å². The van der Waals surface area contributed by atoms with Gasteiger partial charge in [-0.05, 0) is 43.7 Å². The van der Waals surface area contributed by atoms with Crippen LogP contribution in [0.15, 0.2) is 41.4 Å². The summed E-state index contributed by atoms with van der Waals surface area (Å²) in [6.45, 7) is 3.33. The lowest BCUT2D eigenvalue weighted by molar-refractivity contribution is 0.600. The van der Waals surface area contributed by atoms with Crippen LogP contribution in [0.1, 0.15) is 11.4 Å². The summed E-state index contributed by atoms with van der Waals surface area (Å²) < 4.78 is 42.2. The van der Waals surface area contributed by atoms with Crippen LogP contribution in [0.3, 0.4) is 0 Å². The number of halogens is 1. The average molecular weight is 320 g/mol. The molecular weight excluding hydrogens is 307 g/mol. The van der Waals surface area contributed by atoms with E-state index in [1.54, 1.807) is 24.3 Å². The Hall–Kier alpha value is -2.48. The van der Waals surface area contributed by atoms with Crippen LogP contribution in [-0.2, 0) is 10.0 Å². The number of hydrogen-bond donors (Lipinski definition) is 1. The number of pyridine rings is 1. The fourth-order valence-corrected chi connectivity index (χ4v) is 3.06. The molecule has 0 bridgehead atoms. The van der Waals surface area contributed by atoms with Crippen molar-refractivity contribution in [3.05, 3.63) is 53.7 Å². The zero-order chi connectivity index (χ0) is 15.9. The van der Waals surface area contributed by atoms with Crippen LogP contribution in [0.4, 0.5) is 10.1 Å². The Morgan fingerprint density at radius 2 is 1.91 bits per heavy atom. The van der Waals surface area contributed by atoms with Crippen LogP contribution < -0.4 is 4.72 Å². The van der Waals surface area contributed by atoms with E-state index in [4.69, 9.17) is 0 Å². The molecule has 0 fully saturated rings. The molecule has 0 aliphatic rings. The number of aromatic nitrogens is 3. The van der Waals surface area contributed by atoms with Crippen molar-refractivity contribution in [1.29, 1.82) is 0 Å². The lowest BCUT2D eigenvalue weighted by atomic mass is 10.2. The molecule has 0 saturated heterocycles. The highest BCUT2D eigenvalue weighted by Crippen LogP contribution is 2.19. The van der Waals surface area contributed by atoms with Gasteiger partial charge in [0.2, 0.25) is 0 Å². The highest BCUT2D eigenvalue weighted by molar-refractivity contribution is 7.92. The van der Waals surface area contributed by atoms with Crippen molar-refractivity contribution in [1.82, 2.24) is 14.6 Å². The second kappa shape index (κ2) is 5.06. The Morgan fingerprint density at radius 1 is 1.14 bits per heavy atom. The number of fused-ring (bicyclic) bond motifs is 1. The third-order valence-corrected chi connectivity index (χ3v) is 4.65. The van der Waals surface area contributed by atoms with Crippen molar-refractivity contribution >= 4 is 21.4 Å². The van der Waals surface area contributed by atoms with Crippen molar-refractivity contribution in [3.63, 3.8) is 0 Å². The van der Waals surface area contributed by atoms with Crippen LogP contribution in [-0.4, -0.2) is 23.0 Å². The molecule has 0 saturated carbocycles. The molecular formula is C14H13FN4O2S. The maximum absolute atomic E-state index is 13.5. The van der Waals surface area contributed by atoms with Gasteiger partial charge in [0.05, 0.1) is 5.69 Å². The predicted octanol–water partition coefficient (Wildman–Crippen LogP) is 2.29. The topological polar surface area (TPSA) is 76.4 Å². The number of aryl methyl sites for hydroxylation is 2. The van der Waals surface area contributed by atoms with Gasteiger partial charge in [-0.3, -0.25) is 9.12 Å². The van der Waals surface area contributed by atoms with Crippen molar-refractivity contribution in [2.75, 3.05) is 4.72 Å². The molecule has 0 amide bonds. The lowest BCUT2D eigenvalue weighted by Crippen LogP contribution is -2.14. The molecule has 3 aromatic rings. The van der Waals surface area contributed by atoms with Gasteiger partial charge in [0.1, 0.15) is 16.5 Å². The summed E-state index contributed by atoms with van der Waals surface area (Å²) in [5.74, 6) is 0.110. The van der Waals surface area contributed by atoms with Gasteiger partial charge in [-0.15, -0.1) is 10.2 Å². The maximum atomic E-state index is 13.5. The van der Waals surface area contributed by atoms with Gasteiger partial charge in [-0.2, -0.15) is 0 Å². The van der Waals surface area contributed by atoms with Gasteiger partial charge in [0.25, 0.3) is 10.0 Å². The van der Waals surface area contributed by atoms with Crippen LogP contribution in [0.5, 0.6) is 0 Å². The Bertz CT molecular complexity index is 966. The fraction of sp³-hybridized carbons (Fsp3) is 0.143. The van der Waals surface area contributed by atoms with Gasteiger partial charge in [0, 0.05) is 6.20 Å². The highest BCUT2D eigenvalue weighted by Gasteiger charge is 2.16. The summed E-state index contributed by atoms with van der Waals surface area (Å²) in [5.41, 5.74) is 1.17. The zero-order valence-electron chi connectivity index (χ0n) is 11.9. The minimum Gasteiger partial charge on any atom is -0.285 e. The van der Waals surface area contributed by atoms with E-state index in [0.717, 1.165) is 6.07 Å². The molecule has 1 aromatic carbocycles. The van der Waals surface area contributed by atoms with E-state index in [1.807, 2.05) is 0 Å². The van der Waals surface area contributed by atoms with Gasteiger partial charge in [-0.25, -0.2) is 12.8 Å². The quantitative estimate of drug-likeness (QED) is 0.803. The standard InChI is InChI=1S/C14H13FN4O2S/c1-9-3-4-11(7-13(9)15)18-22(20,21)12-5-6-14-17-16-10(2)19(14)8-12/h3-8,18H,1-2H3. The Kier molecular flexibility index (Phi) is 3.32. The molecule has 0 aliphatic carbocycles.